The van der Waals surface area contributed by atoms with Crippen molar-refractivity contribution in [3.05, 3.63) is 26.9 Å². The Labute approximate surface area is 130 Å². The monoisotopic (exact) mass is 357 g/mol. The van der Waals surface area contributed by atoms with Gasteiger partial charge in [0, 0.05) is 17.5 Å². The zero-order chi connectivity index (χ0) is 14.5. The lowest BCUT2D eigenvalue weighted by Crippen LogP contribution is -2.32. The number of halogens is 1. The summed E-state index contributed by atoms with van der Waals surface area (Å²) >= 11 is 4.91. The zero-order valence-electron chi connectivity index (χ0n) is 10.8. The van der Waals surface area contributed by atoms with Crippen LogP contribution in [0.2, 0.25) is 0 Å². The van der Waals surface area contributed by atoms with Crippen molar-refractivity contribution in [3.8, 4) is 0 Å². The minimum Gasteiger partial charge on any atom is -0.481 e. The molecule has 108 valence electrons. The fourth-order valence-electron chi connectivity index (χ4n) is 2.47. The number of rotatable bonds is 5. The molecule has 2 unspecified atom stereocenters. The summed E-state index contributed by atoms with van der Waals surface area (Å²) in [5.41, 5.74) is 0. The first-order valence-electron chi connectivity index (χ1n) is 6.50. The molecule has 1 saturated carbocycles. The number of aliphatic carboxylic acids is 1. The van der Waals surface area contributed by atoms with E-state index in [1.165, 1.54) is 6.08 Å². The lowest BCUT2D eigenvalue weighted by molar-refractivity contribution is -0.143. The highest BCUT2D eigenvalue weighted by molar-refractivity contribution is 9.11. The van der Waals surface area contributed by atoms with Gasteiger partial charge in [0.25, 0.3) is 0 Å². The van der Waals surface area contributed by atoms with E-state index in [1.54, 1.807) is 17.4 Å². The highest BCUT2D eigenvalue weighted by atomic mass is 79.9. The highest BCUT2D eigenvalue weighted by Gasteiger charge is 2.32. The van der Waals surface area contributed by atoms with Crippen molar-refractivity contribution in [2.45, 2.75) is 19.3 Å². The summed E-state index contributed by atoms with van der Waals surface area (Å²) in [7, 11) is 0. The maximum atomic E-state index is 11.7. The van der Waals surface area contributed by atoms with E-state index in [0.717, 1.165) is 27.9 Å². The standard InChI is InChI=1S/C14H16BrNO3S/c15-12-6-4-10(20-12)5-7-13(17)16-8-9-2-1-3-11(9)14(18)19/h4-7,9,11H,1-3,8H2,(H,16,17)(H,18,19). The van der Waals surface area contributed by atoms with Gasteiger partial charge in [0.1, 0.15) is 0 Å². The Bertz CT molecular complexity index is 526. The molecule has 1 aromatic rings. The molecule has 1 amide bonds. The summed E-state index contributed by atoms with van der Waals surface area (Å²) < 4.78 is 1.02. The number of hydrogen-bond acceptors (Lipinski definition) is 3. The second-order valence-corrected chi connectivity index (χ2v) is 7.35. The van der Waals surface area contributed by atoms with Crippen LogP contribution in [0.5, 0.6) is 0 Å². The third-order valence-electron chi connectivity index (χ3n) is 3.51. The summed E-state index contributed by atoms with van der Waals surface area (Å²) in [6.45, 7) is 0.439. The lowest BCUT2D eigenvalue weighted by atomic mass is 9.96. The van der Waals surface area contributed by atoms with Crippen LogP contribution in [-0.2, 0) is 9.59 Å². The Morgan fingerprint density at radius 3 is 2.90 bits per heavy atom. The molecule has 0 radical (unpaired) electrons. The van der Waals surface area contributed by atoms with E-state index in [2.05, 4.69) is 21.2 Å². The molecule has 1 heterocycles. The third kappa shape index (κ3) is 4.18. The molecule has 0 spiro atoms. The van der Waals surface area contributed by atoms with Gasteiger partial charge in [-0.1, -0.05) is 6.42 Å². The summed E-state index contributed by atoms with van der Waals surface area (Å²) in [5, 5.41) is 11.9. The van der Waals surface area contributed by atoms with Gasteiger partial charge in [-0.25, -0.2) is 0 Å². The average molecular weight is 358 g/mol. The molecule has 1 fully saturated rings. The van der Waals surface area contributed by atoms with Crippen LogP contribution in [-0.4, -0.2) is 23.5 Å². The topological polar surface area (TPSA) is 66.4 Å². The van der Waals surface area contributed by atoms with Crippen molar-refractivity contribution >= 4 is 45.2 Å². The Hall–Kier alpha value is -1.14. The van der Waals surface area contributed by atoms with Gasteiger partial charge < -0.3 is 10.4 Å². The Balaban J connectivity index is 1.80. The molecule has 0 aromatic carbocycles. The molecule has 1 aromatic heterocycles. The second-order valence-electron chi connectivity index (χ2n) is 4.86. The summed E-state index contributed by atoms with van der Waals surface area (Å²) in [6.07, 6.45) is 5.77. The van der Waals surface area contributed by atoms with Crippen molar-refractivity contribution in [3.63, 3.8) is 0 Å². The van der Waals surface area contributed by atoms with Gasteiger partial charge in [-0.05, 0) is 52.9 Å². The normalized spacial score (nSPS) is 22.2. The van der Waals surface area contributed by atoms with E-state index in [4.69, 9.17) is 5.11 Å². The van der Waals surface area contributed by atoms with E-state index >= 15 is 0 Å². The highest BCUT2D eigenvalue weighted by Crippen LogP contribution is 2.31. The molecule has 6 heteroatoms. The maximum absolute atomic E-state index is 11.7. The summed E-state index contributed by atoms with van der Waals surface area (Å²) in [5.74, 6) is -1.18. The minimum absolute atomic E-state index is 0.0562. The second kappa shape index (κ2) is 7.04. The van der Waals surface area contributed by atoms with E-state index in [0.29, 0.717) is 6.54 Å². The predicted molar refractivity (Wildman–Crippen MR) is 82.5 cm³/mol. The van der Waals surface area contributed by atoms with Crippen molar-refractivity contribution < 1.29 is 14.7 Å². The SMILES string of the molecule is O=C(C=Cc1ccc(Br)s1)NCC1CCCC1C(=O)O. The zero-order valence-corrected chi connectivity index (χ0v) is 13.2. The van der Waals surface area contributed by atoms with E-state index < -0.39 is 5.97 Å². The number of thiophene rings is 1. The number of carboxylic acid groups (broad SMARTS) is 1. The number of carboxylic acids is 1. The Kier molecular flexibility index (Phi) is 5.37. The fraction of sp³-hybridized carbons (Fsp3) is 0.429. The van der Waals surface area contributed by atoms with Gasteiger partial charge >= 0.3 is 5.97 Å². The molecule has 1 aliphatic carbocycles. The maximum Gasteiger partial charge on any atom is 0.306 e. The molecule has 0 saturated heterocycles. The number of nitrogens with one attached hydrogen (secondary N) is 1. The van der Waals surface area contributed by atoms with E-state index in [1.807, 2.05) is 12.1 Å². The lowest BCUT2D eigenvalue weighted by Gasteiger charge is -2.15. The van der Waals surface area contributed by atoms with Gasteiger partial charge in [0.15, 0.2) is 0 Å². The van der Waals surface area contributed by atoms with Crippen molar-refractivity contribution in [1.29, 1.82) is 0 Å². The molecule has 2 rings (SSSR count). The van der Waals surface area contributed by atoms with Crippen LogP contribution in [0.1, 0.15) is 24.1 Å². The van der Waals surface area contributed by atoms with Crippen molar-refractivity contribution in [2.75, 3.05) is 6.54 Å². The molecular formula is C14H16BrNO3S. The van der Waals surface area contributed by atoms with Crippen molar-refractivity contribution in [2.24, 2.45) is 11.8 Å². The van der Waals surface area contributed by atoms with Crippen LogP contribution in [0.3, 0.4) is 0 Å². The summed E-state index contributed by atoms with van der Waals surface area (Å²) in [6, 6.07) is 3.86. The van der Waals surface area contributed by atoms with Gasteiger partial charge in [0.05, 0.1) is 9.70 Å². The Morgan fingerprint density at radius 2 is 2.25 bits per heavy atom. The fourth-order valence-corrected chi connectivity index (χ4v) is 3.80. The smallest absolute Gasteiger partial charge is 0.306 e. The van der Waals surface area contributed by atoms with Crippen LogP contribution in [0.15, 0.2) is 22.0 Å². The van der Waals surface area contributed by atoms with Crippen LogP contribution < -0.4 is 5.32 Å². The first kappa shape index (κ1) is 15.3. The quantitative estimate of drug-likeness (QED) is 0.795. The van der Waals surface area contributed by atoms with Gasteiger partial charge in [-0.2, -0.15) is 0 Å². The number of amides is 1. The summed E-state index contributed by atoms with van der Waals surface area (Å²) in [4.78, 5) is 23.7. The van der Waals surface area contributed by atoms with Crippen LogP contribution in [0, 0.1) is 11.8 Å². The number of hydrogen-bond donors (Lipinski definition) is 2. The average Bonchev–Trinajstić information content (AvgIpc) is 3.02. The number of carbonyl (C=O) groups excluding carboxylic acids is 1. The van der Waals surface area contributed by atoms with Crippen LogP contribution >= 0.6 is 27.3 Å². The number of carbonyl (C=O) groups is 2. The molecule has 1 aliphatic rings. The van der Waals surface area contributed by atoms with Crippen molar-refractivity contribution in [1.82, 2.24) is 5.32 Å². The molecule has 0 aliphatic heterocycles. The molecule has 20 heavy (non-hydrogen) atoms. The van der Waals surface area contributed by atoms with Crippen LogP contribution in [0.4, 0.5) is 0 Å². The molecule has 2 atom stereocenters. The van der Waals surface area contributed by atoms with Gasteiger partial charge in [-0.3, -0.25) is 9.59 Å². The molecule has 4 nitrogen and oxygen atoms in total. The Morgan fingerprint density at radius 1 is 1.45 bits per heavy atom. The molecular weight excluding hydrogens is 342 g/mol. The third-order valence-corrected chi connectivity index (χ3v) is 5.10. The predicted octanol–water partition coefficient (Wildman–Crippen LogP) is 3.14. The van der Waals surface area contributed by atoms with Gasteiger partial charge in [-0.15, -0.1) is 11.3 Å². The van der Waals surface area contributed by atoms with E-state index in [9.17, 15) is 9.59 Å². The first-order chi connectivity index (χ1) is 9.56. The van der Waals surface area contributed by atoms with E-state index in [-0.39, 0.29) is 17.7 Å². The van der Waals surface area contributed by atoms with Gasteiger partial charge in [0.2, 0.25) is 5.91 Å². The molecule has 0 bridgehead atoms. The van der Waals surface area contributed by atoms with Crippen LogP contribution in [0.25, 0.3) is 6.08 Å². The largest absolute Gasteiger partial charge is 0.481 e. The molecule has 2 N–H and O–H groups in total. The first-order valence-corrected chi connectivity index (χ1v) is 8.11. The minimum atomic E-state index is -0.749.